The first-order valence-corrected chi connectivity index (χ1v) is 7.68. The summed E-state index contributed by atoms with van der Waals surface area (Å²) in [6.45, 7) is 0.904. The molecule has 0 aromatic heterocycles. The SMILES string of the molecule is Cc1ccc(CNC(=O)CNc2ccccc2OCC(F)(F)F)cc1. The van der Waals surface area contributed by atoms with Crippen molar-refractivity contribution < 1.29 is 22.7 Å². The Labute approximate surface area is 144 Å². The molecule has 2 aromatic carbocycles. The Hall–Kier alpha value is -2.70. The van der Waals surface area contributed by atoms with Crippen LogP contribution in [-0.4, -0.2) is 25.2 Å². The predicted octanol–water partition coefficient (Wildman–Crippen LogP) is 3.66. The van der Waals surface area contributed by atoms with Gasteiger partial charge in [-0.2, -0.15) is 13.2 Å². The summed E-state index contributed by atoms with van der Waals surface area (Å²) in [5.41, 5.74) is 2.43. The third kappa shape index (κ3) is 6.74. The second-order valence-corrected chi connectivity index (χ2v) is 5.52. The fourth-order valence-corrected chi connectivity index (χ4v) is 2.04. The van der Waals surface area contributed by atoms with Crippen molar-refractivity contribution in [1.29, 1.82) is 0 Å². The van der Waals surface area contributed by atoms with Crippen molar-refractivity contribution in [2.24, 2.45) is 0 Å². The summed E-state index contributed by atoms with van der Waals surface area (Å²) in [7, 11) is 0. The van der Waals surface area contributed by atoms with Crippen LogP contribution in [0.15, 0.2) is 48.5 Å². The van der Waals surface area contributed by atoms with E-state index in [0.717, 1.165) is 11.1 Å². The van der Waals surface area contributed by atoms with E-state index in [9.17, 15) is 18.0 Å². The molecule has 2 N–H and O–H groups in total. The van der Waals surface area contributed by atoms with Gasteiger partial charge in [-0.15, -0.1) is 0 Å². The highest BCUT2D eigenvalue weighted by Gasteiger charge is 2.28. The maximum absolute atomic E-state index is 12.3. The van der Waals surface area contributed by atoms with Crippen LogP contribution in [0, 0.1) is 6.92 Å². The summed E-state index contributed by atoms with van der Waals surface area (Å²) in [4.78, 5) is 11.9. The zero-order valence-corrected chi connectivity index (χ0v) is 13.7. The first-order valence-electron chi connectivity index (χ1n) is 7.68. The van der Waals surface area contributed by atoms with Gasteiger partial charge in [-0.1, -0.05) is 42.0 Å². The predicted molar refractivity (Wildman–Crippen MR) is 89.5 cm³/mol. The topological polar surface area (TPSA) is 50.4 Å². The van der Waals surface area contributed by atoms with E-state index in [2.05, 4.69) is 10.6 Å². The van der Waals surface area contributed by atoms with E-state index >= 15 is 0 Å². The minimum absolute atomic E-state index is 0.0474. The molecule has 0 unspecified atom stereocenters. The smallest absolute Gasteiger partial charge is 0.422 e. The molecule has 0 heterocycles. The number of nitrogens with one attached hydrogen (secondary N) is 2. The molecule has 0 fully saturated rings. The van der Waals surface area contributed by atoms with Crippen LogP contribution in [0.3, 0.4) is 0 Å². The molecule has 0 aliphatic heterocycles. The number of aryl methyl sites for hydroxylation is 1. The first kappa shape index (κ1) is 18.6. The van der Waals surface area contributed by atoms with Crippen LogP contribution in [0.25, 0.3) is 0 Å². The van der Waals surface area contributed by atoms with E-state index in [1.54, 1.807) is 18.2 Å². The molecule has 0 saturated carbocycles. The number of ether oxygens (including phenoxy) is 1. The molecule has 0 radical (unpaired) electrons. The van der Waals surface area contributed by atoms with E-state index in [1.807, 2.05) is 31.2 Å². The Balaban J connectivity index is 1.84. The number of para-hydroxylation sites is 2. The van der Waals surface area contributed by atoms with E-state index in [-0.39, 0.29) is 18.2 Å². The summed E-state index contributed by atoms with van der Waals surface area (Å²) in [5, 5.41) is 5.53. The molecule has 0 atom stereocenters. The molecule has 4 nitrogen and oxygen atoms in total. The van der Waals surface area contributed by atoms with Gasteiger partial charge in [0.2, 0.25) is 5.91 Å². The van der Waals surface area contributed by atoms with Crippen LogP contribution in [0.4, 0.5) is 18.9 Å². The highest BCUT2D eigenvalue weighted by atomic mass is 19.4. The molecular weight excluding hydrogens is 333 g/mol. The number of hydrogen-bond donors (Lipinski definition) is 2. The van der Waals surface area contributed by atoms with Crippen molar-refractivity contribution in [2.45, 2.75) is 19.6 Å². The lowest BCUT2D eigenvalue weighted by Crippen LogP contribution is -2.29. The Bertz CT molecular complexity index is 700. The van der Waals surface area contributed by atoms with Gasteiger partial charge >= 0.3 is 6.18 Å². The molecule has 1 amide bonds. The lowest BCUT2D eigenvalue weighted by atomic mass is 10.1. The fourth-order valence-electron chi connectivity index (χ4n) is 2.04. The third-order valence-electron chi connectivity index (χ3n) is 3.33. The number of anilines is 1. The second kappa shape index (κ2) is 8.41. The second-order valence-electron chi connectivity index (χ2n) is 5.52. The summed E-state index contributed by atoms with van der Waals surface area (Å²) in [6, 6.07) is 13.9. The van der Waals surface area contributed by atoms with E-state index < -0.39 is 12.8 Å². The summed E-state index contributed by atoms with van der Waals surface area (Å²) in [6.07, 6.45) is -4.42. The third-order valence-corrected chi connectivity index (χ3v) is 3.33. The first-order chi connectivity index (χ1) is 11.8. The van der Waals surface area contributed by atoms with Gasteiger partial charge in [0.25, 0.3) is 0 Å². The van der Waals surface area contributed by atoms with Gasteiger partial charge in [0.1, 0.15) is 5.75 Å². The van der Waals surface area contributed by atoms with Gasteiger partial charge in [0.05, 0.1) is 12.2 Å². The number of carbonyl (C=O) groups excluding carboxylic acids is 1. The quantitative estimate of drug-likeness (QED) is 0.799. The number of amides is 1. The zero-order chi connectivity index (χ0) is 18.3. The molecule has 0 aliphatic carbocycles. The molecule has 134 valence electrons. The average molecular weight is 352 g/mol. The standard InChI is InChI=1S/C18H19F3N2O2/c1-13-6-8-14(9-7-13)10-23-17(24)11-22-15-4-2-3-5-16(15)25-12-18(19,20)21/h2-9,22H,10-12H2,1H3,(H,23,24). The van der Waals surface area contributed by atoms with Crippen molar-refractivity contribution in [2.75, 3.05) is 18.5 Å². The number of halogens is 3. The molecule has 7 heteroatoms. The molecule has 0 spiro atoms. The molecule has 0 saturated heterocycles. The van der Waals surface area contributed by atoms with Gasteiger partial charge < -0.3 is 15.4 Å². The van der Waals surface area contributed by atoms with Gasteiger partial charge in [0, 0.05) is 6.54 Å². The number of hydrogen-bond acceptors (Lipinski definition) is 3. The van der Waals surface area contributed by atoms with Crippen molar-refractivity contribution >= 4 is 11.6 Å². The average Bonchev–Trinajstić information content (AvgIpc) is 2.57. The van der Waals surface area contributed by atoms with E-state index in [1.165, 1.54) is 6.07 Å². The van der Waals surface area contributed by atoms with E-state index in [4.69, 9.17) is 4.74 Å². The fraction of sp³-hybridized carbons (Fsp3) is 0.278. The van der Waals surface area contributed by atoms with Crippen LogP contribution in [0.5, 0.6) is 5.75 Å². The Morgan fingerprint density at radius 2 is 1.76 bits per heavy atom. The molecule has 0 bridgehead atoms. The number of rotatable bonds is 7. The van der Waals surface area contributed by atoms with Gasteiger partial charge in [0.15, 0.2) is 6.61 Å². The highest BCUT2D eigenvalue weighted by molar-refractivity contribution is 5.81. The summed E-state index contributed by atoms with van der Waals surface area (Å²) in [5.74, 6) is -0.225. The minimum Gasteiger partial charge on any atom is -0.482 e. The number of carbonyl (C=O) groups is 1. The lowest BCUT2D eigenvalue weighted by molar-refractivity contribution is -0.153. The van der Waals surface area contributed by atoms with E-state index in [0.29, 0.717) is 12.2 Å². The van der Waals surface area contributed by atoms with Crippen LogP contribution >= 0.6 is 0 Å². The van der Waals surface area contributed by atoms with Crippen molar-refractivity contribution in [1.82, 2.24) is 5.32 Å². The minimum atomic E-state index is -4.42. The van der Waals surface area contributed by atoms with Crippen LogP contribution < -0.4 is 15.4 Å². The maximum atomic E-state index is 12.3. The van der Waals surface area contributed by atoms with Gasteiger partial charge in [-0.05, 0) is 24.6 Å². The Morgan fingerprint density at radius 3 is 2.44 bits per heavy atom. The molecule has 2 rings (SSSR count). The molecule has 0 aliphatic rings. The molecular formula is C18H19F3N2O2. The van der Waals surface area contributed by atoms with Gasteiger partial charge in [-0.3, -0.25) is 4.79 Å². The summed E-state index contributed by atoms with van der Waals surface area (Å²) >= 11 is 0. The highest BCUT2D eigenvalue weighted by Crippen LogP contribution is 2.26. The zero-order valence-electron chi connectivity index (χ0n) is 13.7. The largest absolute Gasteiger partial charge is 0.482 e. The lowest BCUT2D eigenvalue weighted by Gasteiger charge is -2.14. The number of benzene rings is 2. The Morgan fingerprint density at radius 1 is 1.08 bits per heavy atom. The number of alkyl halides is 3. The summed E-state index contributed by atoms with van der Waals surface area (Å²) < 4.78 is 41.5. The Kier molecular flexibility index (Phi) is 6.27. The normalized spacial score (nSPS) is 11.0. The van der Waals surface area contributed by atoms with Crippen molar-refractivity contribution in [3.05, 3.63) is 59.7 Å². The van der Waals surface area contributed by atoms with Crippen LogP contribution in [-0.2, 0) is 11.3 Å². The van der Waals surface area contributed by atoms with Gasteiger partial charge in [-0.25, -0.2) is 0 Å². The van der Waals surface area contributed by atoms with Crippen molar-refractivity contribution in [3.8, 4) is 5.75 Å². The molecule has 2 aromatic rings. The molecule has 25 heavy (non-hydrogen) atoms. The maximum Gasteiger partial charge on any atom is 0.422 e. The van der Waals surface area contributed by atoms with Crippen LogP contribution in [0.1, 0.15) is 11.1 Å². The van der Waals surface area contributed by atoms with Crippen LogP contribution in [0.2, 0.25) is 0 Å². The monoisotopic (exact) mass is 352 g/mol. The van der Waals surface area contributed by atoms with Crippen molar-refractivity contribution in [3.63, 3.8) is 0 Å².